The molecular formula is C25H33FN4O4. The predicted molar refractivity (Wildman–Crippen MR) is 126 cm³/mol. The smallest absolute Gasteiger partial charge is 0.410 e. The van der Waals surface area contributed by atoms with Crippen LogP contribution in [0.1, 0.15) is 62.3 Å². The monoisotopic (exact) mass is 472 g/mol. The number of ether oxygens (including phenoxy) is 2. The molecule has 0 aliphatic carbocycles. The first-order chi connectivity index (χ1) is 16.1. The summed E-state index contributed by atoms with van der Waals surface area (Å²) in [6.45, 7) is 8.79. The Morgan fingerprint density at radius 2 is 1.94 bits per heavy atom. The van der Waals surface area contributed by atoms with Gasteiger partial charge in [-0.1, -0.05) is 19.1 Å². The molecule has 2 atom stereocenters. The highest BCUT2D eigenvalue weighted by Crippen LogP contribution is 2.26. The summed E-state index contributed by atoms with van der Waals surface area (Å²) in [6, 6.07) is 6.20. The third-order valence-electron chi connectivity index (χ3n) is 5.76. The van der Waals surface area contributed by atoms with Gasteiger partial charge < -0.3 is 19.7 Å². The zero-order valence-corrected chi connectivity index (χ0v) is 20.4. The molecule has 3 rings (SSSR count). The molecule has 0 radical (unpaired) electrons. The van der Waals surface area contributed by atoms with Crippen LogP contribution in [-0.2, 0) is 15.9 Å². The summed E-state index contributed by atoms with van der Waals surface area (Å²) in [4.78, 5) is 35.3. The van der Waals surface area contributed by atoms with Crippen molar-refractivity contribution < 1.29 is 23.5 Å². The molecule has 1 N–H and O–H groups in total. The predicted octanol–water partition coefficient (Wildman–Crippen LogP) is 4.44. The maximum atomic E-state index is 13.4. The number of nitrogens with one attached hydrogen (secondary N) is 1. The van der Waals surface area contributed by atoms with Crippen molar-refractivity contribution >= 4 is 17.9 Å². The largest absolute Gasteiger partial charge is 0.464 e. The summed E-state index contributed by atoms with van der Waals surface area (Å²) in [5.74, 6) is -0.149. The van der Waals surface area contributed by atoms with Crippen LogP contribution >= 0.6 is 0 Å². The van der Waals surface area contributed by atoms with Gasteiger partial charge in [-0.15, -0.1) is 0 Å². The van der Waals surface area contributed by atoms with Crippen molar-refractivity contribution in [2.24, 2.45) is 5.92 Å². The molecule has 0 bridgehead atoms. The zero-order valence-electron chi connectivity index (χ0n) is 20.4. The molecule has 2 aromatic rings. The van der Waals surface area contributed by atoms with Gasteiger partial charge in [-0.3, -0.25) is 0 Å². The summed E-state index contributed by atoms with van der Waals surface area (Å²) in [6.07, 6.45) is 3.03. The minimum atomic E-state index is -0.573. The lowest BCUT2D eigenvalue weighted by atomic mass is 9.90. The van der Waals surface area contributed by atoms with Crippen LogP contribution in [0.5, 0.6) is 0 Å². The molecule has 0 unspecified atom stereocenters. The number of esters is 1. The number of carbonyl (C=O) groups excluding carboxylic acids is 2. The van der Waals surface area contributed by atoms with E-state index in [2.05, 4.69) is 22.2 Å². The summed E-state index contributed by atoms with van der Waals surface area (Å²) in [5.41, 5.74) is 0.976. The van der Waals surface area contributed by atoms with E-state index in [1.807, 2.05) is 20.8 Å². The lowest BCUT2D eigenvalue weighted by molar-refractivity contribution is 0.0153. The molecule has 1 fully saturated rings. The normalized spacial score (nSPS) is 18.4. The molecular weight excluding hydrogens is 439 g/mol. The molecule has 1 aliphatic rings. The lowest BCUT2D eigenvalue weighted by Gasteiger charge is -2.39. The van der Waals surface area contributed by atoms with Crippen molar-refractivity contribution in [1.29, 1.82) is 0 Å². The van der Waals surface area contributed by atoms with Crippen molar-refractivity contribution in [2.45, 2.75) is 58.6 Å². The number of hydrogen-bond acceptors (Lipinski definition) is 7. The number of piperidine rings is 1. The Morgan fingerprint density at radius 3 is 2.56 bits per heavy atom. The van der Waals surface area contributed by atoms with Crippen molar-refractivity contribution in [1.82, 2.24) is 14.9 Å². The number of methoxy groups -OCH3 is 1. The van der Waals surface area contributed by atoms with E-state index in [9.17, 15) is 14.0 Å². The Balaban J connectivity index is 1.79. The van der Waals surface area contributed by atoms with Gasteiger partial charge in [-0.2, -0.15) is 0 Å². The molecule has 2 heterocycles. The van der Waals surface area contributed by atoms with E-state index in [0.717, 1.165) is 12.0 Å². The van der Waals surface area contributed by atoms with Crippen LogP contribution in [0.3, 0.4) is 0 Å². The number of amides is 1. The summed E-state index contributed by atoms with van der Waals surface area (Å²) in [7, 11) is 1.29. The molecule has 9 heteroatoms. The Bertz CT molecular complexity index is 1010. The van der Waals surface area contributed by atoms with Gasteiger partial charge in [-0.05, 0) is 57.2 Å². The number of nitrogens with zero attached hydrogens (tertiary/aromatic N) is 3. The number of anilines is 1. The summed E-state index contributed by atoms with van der Waals surface area (Å²) < 4.78 is 23.7. The Hall–Kier alpha value is -3.23. The summed E-state index contributed by atoms with van der Waals surface area (Å²) >= 11 is 0. The number of aromatic nitrogens is 2. The van der Waals surface area contributed by atoms with E-state index >= 15 is 0 Å². The molecule has 0 spiro atoms. The second-order valence-electron chi connectivity index (χ2n) is 9.48. The van der Waals surface area contributed by atoms with E-state index in [-0.39, 0.29) is 29.6 Å². The van der Waals surface area contributed by atoms with E-state index in [1.165, 1.54) is 25.4 Å². The van der Waals surface area contributed by atoms with Gasteiger partial charge in [0.25, 0.3) is 0 Å². The van der Waals surface area contributed by atoms with Crippen LogP contribution in [-0.4, -0.2) is 58.8 Å². The molecule has 1 aromatic carbocycles. The average Bonchev–Trinajstić information content (AvgIpc) is 2.80. The maximum absolute atomic E-state index is 13.4. The number of hydrogen-bond donors (Lipinski definition) is 1. The van der Waals surface area contributed by atoms with Crippen molar-refractivity contribution in [3.63, 3.8) is 0 Å². The second kappa shape index (κ2) is 10.8. The average molecular weight is 473 g/mol. The highest BCUT2D eigenvalue weighted by atomic mass is 19.1. The quantitative estimate of drug-likeness (QED) is 0.621. The number of carbonyl (C=O) groups is 2. The minimum absolute atomic E-state index is 0.0638. The van der Waals surface area contributed by atoms with Crippen LogP contribution < -0.4 is 5.32 Å². The molecule has 1 saturated heterocycles. The molecule has 184 valence electrons. The van der Waals surface area contributed by atoms with E-state index in [4.69, 9.17) is 9.47 Å². The first kappa shape index (κ1) is 25.4. The minimum Gasteiger partial charge on any atom is -0.464 e. The zero-order chi connectivity index (χ0) is 24.9. The fourth-order valence-corrected chi connectivity index (χ4v) is 3.97. The third-order valence-corrected chi connectivity index (χ3v) is 5.76. The number of benzene rings is 1. The molecule has 1 aromatic heterocycles. The Kier molecular flexibility index (Phi) is 8.06. The second-order valence-corrected chi connectivity index (χ2v) is 9.48. The van der Waals surface area contributed by atoms with Crippen LogP contribution in [0.4, 0.5) is 15.0 Å². The van der Waals surface area contributed by atoms with Gasteiger partial charge in [0.15, 0.2) is 5.69 Å². The Labute approximate surface area is 199 Å². The van der Waals surface area contributed by atoms with Gasteiger partial charge in [0, 0.05) is 25.6 Å². The van der Waals surface area contributed by atoms with Crippen LogP contribution in [0, 0.1) is 11.7 Å². The Morgan fingerprint density at radius 1 is 1.24 bits per heavy atom. The fraction of sp³-hybridized carbons (Fsp3) is 0.520. The number of halogens is 1. The van der Waals surface area contributed by atoms with Crippen LogP contribution in [0.2, 0.25) is 0 Å². The van der Waals surface area contributed by atoms with Gasteiger partial charge >= 0.3 is 12.1 Å². The van der Waals surface area contributed by atoms with Crippen LogP contribution in [0.25, 0.3) is 0 Å². The van der Waals surface area contributed by atoms with Gasteiger partial charge in [0.1, 0.15) is 17.2 Å². The highest BCUT2D eigenvalue weighted by Gasteiger charge is 2.33. The van der Waals surface area contributed by atoms with Gasteiger partial charge in [-0.25, -0.2) is 23.9 Å². The maximum Gasteiger partial charge on any atom is 0.410 e. The topological polar surface area (TPSA) is 93.7 Å². The standard InChI is InChI=1S/C25H33FN4O4/c1-6-17-15-30(24(32)34-25(2,3)4)12-11-19(17)29-22-20(13-16-7-9-18(26)10-8-16)28-21(14-27-22)23(31)33-5/h7-10,14,17,19H,6,11-13,15H2,1-5H3,(H,27,29)/t17-,19-/m1/s1. The van der Waals surface area contributed by atoms with E-state index in [1.54, 1.807) is 17.0 Å². The van der Waals surface area contributed by atoms with Crippen molar-refractivity contribution in [3.8, 4) is 0 Å². The molecule has 8 nitrogen and oxygen atoms in total. The third kappa shape index (κ3) is 6.65. The highest BCUT2D eigenvalue weighted by molar-refractivity contribution is 5.87. The first-order valence-electron chi connectivity index (χ1n) is 11.5. The summed E-state index contributed by atoms with van der Waals surface area (Å²) in [5, 5.41) is 3.50. The molecule has 34 heavy (non-hydrogen) atoms. The van der Waals surface area contributed by atoms with Crippen LogP contribution in [0.15, 0.2) is 30.5 Å². The van der Waals surface area contributed by atoms with Gasteiger partial charge in [0.05, 0.1) is 19.0 Å². The SMILES string of the molecule is CC[C@@H]1CN(C(=O)OC(C)(C)C)CC[C@H]1Nc1ncc(C(=O)OC)nc1Cc1ccc(F)cc1. The first-order valence-corrected chi connectivity index (χ1v) is 11.5. The van der Waals surface area contributed by atoms with Gasteiger partial charge in [0.2, 0.25) is 0 Å². The molecule has 1 amide bonds. The number of likely N-dealkylation sites (tertiary alicyclic amines) is 1. The number of rotatable bonds is 6. The fourth-order valence-electron chi connectivity index (χ4n) is 3.97. The van der Waals surface area contributed by atoms with Crippen molar-refractivity contribution in [3.05, 3.63) is 53.2 Å². The van der Waals surface area contributed by atoms with E-state index in [0.29, 0.717) is 37.4 Å². The van der Waals surface area contributed by atoms with E-state index < -0.39 is 11.6 Å². The molecule has 1 aliphatic heterocycles. The van der Waals surface area contributed by atoms with Crippen molar-refractivity contribution in [2.75, 3.05) is 25.5 Å². The lowest BCUT2D eigenvalue weighted by Crippen LogP contribution is -2.49. The molecule has 0 saturated carbocycles.